The smallest absolute Gasteiger partial charge is 0.428 e. The number of hydrazone groups is 1. The van der Waals surface area contributed by atoms with Crippen molar-refractivity contribution in [2.45, 2.75) is 32.3 Å². The van der Waals surface area contributed by atoms with Crippen LogP contribution in [0.15, 0.2) is 23.6 Å². The van der Waals surface area contributed by atoms with Crippen molar-refractivity contribution in [3.8, 4) is 17.1 Å². The molecule has 0 spiro atoms. The van der Waals surface area contributed by atoms with Crippen LogP contribution in [0.2, 0.25) is 0 Å². The normalized spacial score (nSPS) is 13.6. The molecule has 2 aromatic rings. The van der Waals surface area contributed by atoms with Gasteiger partial charge in [0.1, 0.15) is 6.21 Å². The Hall–Kier alpha value is -2.99. The fraction of sp³-hybridized carbons (Fsp3) is 0.333. The molecule has 0 saturated heterocycles. The van der Waals surface area contributed by atoms with Gasteiger partial charge in [-0.2, -0.15) is 31.4 Å². The van der Waals surface area contributed by atoms with Crippen LogP contribution in [0.3, 0.4) is 0 Å². The molecule has 0 aromatic carbocycles. The van der Waals surface area contributed by atoms with Crippen molar-refractivity contribution >= 4 is 12.0 Å². The average molecular weight is 411 g/mol. The molecular formula is C15H12F7N5O. The van der Waals surface area contributed by atoms with Gasteiger partial charge in [0.2, 0.25) is 0 Å². The highest BCUT2D eigenvalue weighted by atomic mass is 19.4. The number of alkyl halides is 6. The van der Waals surface area contributed by atoms with Crippen LogP contribution in [-0.4, -0.2) is 39.6 Å². The third kappa shape index (κ3) is 5.76. The molecule has 0 aliphatic rings. The van der Waals surface area contributed by atoms with Crippen LogP contribution < -0.4 is 10.2 Å². The zero-order chi connectivity index (χ0) is 21.1. The Balaban J connectivity index is 2.19. The van der Waals surface area contributed by atoms with E-state index < -0.39 is 30.2 Å². The van der Waals surface area contributed by atoms with E-state index in [9.17, 15) is 30.7 Å². The van der Waals surface area contributed by atoms with E-state index in [-0.39, 0.29) is 29.0 Å². The van der Waals surface area contributed by atoms with Gasteiger partial charge in [-0.1, -0.05) is 0 Å². The monoisotopic (exact) mass is 411 g/mol. The molecule has 1 N–H and O–H groups in total. The maximum Gasteiger partial charge on any atom is 0.428 e. The van der Waals surface area contributed by atoms with Gasteiger partial charge in [0.25, 0.3) is 5.88 Å². The van der Waals surface area contributed by atoms with E-state index in [1.807, 2.05) is 5.43 Å². The third-order valence-electron chi connectivity index (χ3n) is 3.17. The first-order valence-electron chi connectivity index (χ1n) is 7.46. The summed E-state index contributed by atoms with van der Waals surface area (Å²) >= 11 is 0. The predicted molar refractivity (Wildman–Crippen MR) is 84.3 cm³/mol. The second kappa shape index (κ2) is 7.94. The van der Waals surface area contributed by atoms with E-state index in [0.29, 0.717) is 6.92 Å². The molecule has 0 radical (unpaired) electrons. The summed E-state index contributed by atoms with van der Waals surface area (Å²) in [5.41, 5.74) is 2.42. The second-order valence-electron chi connectivity index (χ2n) is 5.41. The first-order valence-corrected chi connectivity index (χ1v) is 7.46. The zero-order valence-electron chi connectivity index (χ0n) is 14.2. The Labute approximate surface area is 153 Å². The van der Waals surface area contributed by atoms with Crippen LogP contribution in [0.5, 0.6) is 5.88 Å². The van der Waals surface area contributed by atoms with Crippen molar-refractivity contribution in [3.63, 3.8) is 0 Å². The highest BCUT2D eigenvalue weighted by molar-refractivity contribution is 5.65. The SMILES string of the molecule is Cc1nc(NN=CC(F)(F)F)cnc1-c1cnc(O[C@@H](C)C(F)(F)F)c(F)c1. The number of hydrogen-bond donors (Lipinski definition) is 1. The minimum absolute atomic E-state index is 0.0832. The van der Waals surface area contributed by atoms with Gasteiger partial charge in [0, 0.05) is 11.8 Å². The van der Waals surface area contributed by atoms with Gasteiger partial charge >= 0.3 is 12.4 Å². The minimum atomic E-state index is -4.69. The highest BCUT2D eigenvalue weighted by Crippen LogP contribution is 2.28. The number of nitrogens with zero attached hydrogens (tertiary/aromatic N) is 4. The molecule has 0 aliphatic heterocycles. The summed E-state index contributed by atoms with van der Waals surface area (Å²) in [6, 6.07) is 0.858. The standard InChI is InChI=1S/C15H12F7N5O/c1-7-12(23-5-11(26-7)27-25-6-14(17,18)19)9-3-10(16)13(24-4-9)28-8(2)15(20,21)22/h3-6,8H,1-2H3,(H,26,27)/t8-/m0/s1. The van der Waals surface area contributed by atoms with Gasteiger partial charge in [-0.15, -0.1) is 0 Å². The number of nitrogens with one attached hydrogen (secondary N) is 1. The Morgan fingerprint density at radius 2 is 1.82 bits per heavy atom. The maximum atomic E-state index is 14.0. The van der Waals surface area contributed by atoms with E-state index in [4.69, 9.17) is 0 Å². The van der Waals surface area contributed by atoms with E-state index in [0.717, 1.165) is 18.5 Å². The Morgan fingerprint density at radius 3 is 2.36 bits per heavy atom. The average Bonchev–Trinajstić information content (AvgIpc) is 2.55. The van der Waals surface area contributed by atoms with Gasteiger partial charge < -0.3 is 4.74 Å². The van der Waals surface area contributed by atoms with Crippen molar-refractivity contribution in [1.29, 1.82) is 0 Å². The number of halogens is 7. The summed E-state index contributed by atoms with van der Waals surface area (Å²) in [5.74, 6) is -2.08. The van der Waals surface area contributed by atoms with Crippen LogP contribution >= 0.6 is 0 Å². The number of aryl methyl sites for hydroxylation is 1. The molecule has 13 heteroatoms. The fourth-order valence-electron chi connectivity index (χ4n) is 1.87. The van der Waals surface area contributed by atoms with Crippen LogP contribution in [0, 0.1) is 12.7 Å². The molecule has 0 unspecified atom stereocenters. The molecule has 2 aromatic heterocycles. The van der Waals surface area contributed by atoms with Gasteiger partial charge in [0.05, 0.1) is 17.6 Å². The summed E-state index contributed by atoms with van der Waals surface area (Å²) in [4.78, 5) is 11.4. The van der Waals surface area contributed by atoms with E-state index in [1.54, 1.807) is 0 Å². The fourth-order valence-corrected chi connectivity index (χ4v) is 1.87. The molecule has 1 atom stereocenters. The summed E-state index contributed by atoms with van der Waals surface area (Å²) in [7, 11) is 0. The highest BCUT2D eigenvalue weighted by Gasteiger charge is 2.38. The van der Waals surface area contributed by atoms with Gasteiger partial charge in [0.15, 0.2) is 17.7 Å². The lowest BCUT2D eigenvalue weighted by atomic mass is 10.1. The molecule has 0 saturated carbocycles. The molecule has 28 heavy (non-hydrogen) atoms. The quantitative estimate of drug-likeness (QED) is 0.452. The molecule has 0 fully saturated rings. The number of anilines is 1. The van der Waals surface area contributed by atoms with Crippen LogP contribution in [-0.2, 0) is 0 Å². The van der Waals surface area contributed by atoms with Crippen LogP contribution in [0.1, 0.15) is 12.6 Å². The number of pyridine rings is 1. The molecule has 6 nitrogen and oxygen atoms in total. The molecule has 152 valence electrons. The number of aromatic nitrogens is 3. The summed E-state index contributed by atoms with van der Waals surface area (Å²) in [6.45, 7) is 2.15. The Bertz CT molecular complexity index is 867. The molecule has 0 amide bonds. The number of hydrogen-bond acceptors (Lipinski definition) is 6. The van der Waals surface area contributed by atoms with Crippen molar-refractivity contribution in [2.24, 2.45) is 5.10 Å². The second-order valence-corrected chi connectivity index (χ2v) is 5.41. The van der Waals surface area contributed by atoms with Crippen molar-refractivity contribution < 1.29 is 35.5 Å². The zero-order valence-corrected chi connectivity index (χ0v) is 14.2. The Kier molecular flexibility index (Phi) is 6.04. The first kappa shape index (κ1) is 21.3. The van der Waals surface area contributed by atoms with Crippen molar-refractivity contribution in [2.75, 3.05) is 5.43 Å². The third-order valence-corrected chi connectivity index (χ3v) is 3.17. The number of ether oxygens (including phenoxy) is 1. The lowest BCUT2D eigenvalue weighted by Crippen LogP contribution is -2.31. The van der Waals surface area contributed by atoms with Crippen LogP contribution in [0.4, 0.5) is 36.6 Å². The molecule has 2 rings (SSSR count). The van der Waals surface area contributed by atoms with Crippen molar-refractivity contribution in [3.05, 3.63) is 30.0 Å². The predicted octanol–water partition coefficient (Wildman–Crippen LogP) is 4.28. The summed E-state index contributed by atoms with van der Waals surface area (Å²) in [6.07, 6.45) is -9.75. The van der Waals surface area contributed by atoms with Crippen LogP contribution in [0.25, 0.3) is 11.3 Å². The van der Waals surface area contributed by atoms with Gasteiger partial charge in [-0.25, -0.2) is 14.4 Å². The van der Waals surface area contributed by atoms with E-state index in [2.05, 4.69) is 24.8 Å². The maximum absolute atomic E-state index is 14.0. The minimum Gasteiger partial charge on any atom is -0.463 e. The molecule has 0 bridgehead atoms. The van der Waals surface area contributed by atoms with E-state index in [1.165, 1.54) is 6.92 Å². The molecule has 0 aliphatic carbocycles. The first-order chi connectivity index (χ1) is 12.9. The van der Waals surface area contributed by atoms with E-state index >= 15 is 0 Å². The van der Waals surface area contributed by atoms with Crippen molar-refractivity contribution in [1.82, 2.24) is 15.0 Å². The number of rotatable bonds is 5. The lowest BCUT2D eigenvalue weighted by Gasteiger charge is -2.17. The summed E-state index contributed by atoms with van der Waals surface area (Å²) < 4.78 is 91.9. The Morgan fingerprint density at radius 1 is 1.14 bits per heavy atom. The molecular weight excluding hydrogens is 399 g/mol. The van der Waals surface area contributed by atoms with Gasteiger partial charge in [-0.05, 0) is 19.9 Å². The summed E-state index contributed by atoms with van der Waals surface area (Å²) in [5, 5.41) is 2.95. The molecule has 2 heterocycles. The largest absolute Gasteiger partial charge is 0.463 e. The van der Waals surface area contributed by atoms with Gasteiger partial charge in [-0.3, -0.25) is 10.4 Å². The lowest BCUT2D eigenvalue weighted by molar-refractivity contribution is -0.190. The topological polar surface area (TPSA) is 72.3 Å².